The fourth-order valence-corrected chi connectivity index (χ4v) is 5.13. The smallest absolute Gasteiger partial charge is 0.251 e. The molecule has 2 heterocycles. The van der Waals surface area contributed by atoms with Crippen LogP contribution in [-0.2, 0) is 30.4 Å². The summed E-state index contributed by atoms with van der Waals surface area (Å²) >= 11 is 0. The van der Waals surface area contributed by atoms with E-state index in [0.29, 0.717) is 30.6 Å². The minimum absolute atomic E-state index is 0.0689. The average Bonchev–Trinajstić information content (AvgIpc) is 3.38. The van der Waals surface area contributed by atoms with E-state index in [1.807, 2.05) is 55.5 Å². The van der Waals surface area contributed by atoms with E-state index in [1.165, 1.54) is 0 Å². The Morgan fingerprint density at radius 2 is 1.81 bits per heavy atom. The molecule has 0 aliphatic carbocycles. The third kappa shape index (κ3) is 7.84. The maximum atomic E-state index is 13.5. The molecule has 2 aromatic carbocycles. The fraction of sp³-hybridized carbons (Fsp3) is 0.406. The number of hydrogen-bond acceptors (Lipinski definition) is 6. The van der Waals surface area contributed by atoms with Gasteiger partial charge in [0.1, 0.15) is 30.7 Å². The molecule has 10 heteroatoms. The van der Waals surface area contributed by atoms with E-state index in [-0.39, 0.29) is 37.2 Å². The molecule has 4 rings (SSSR count). The van der Waals surface area contributed by atoms with Gasteiger partial charge in [-0.25, -0.2) is 0 Å². The fourth-order valence-electron chi connectivity index (χ4n) is 5.13. The van der Waals surface area contributed by atoms with Crippen LogP contribution < -0.4 is 26.0 Å². The average molecular weight is 575 g/mol. The number of benzene rings is 2. The summed E-state index contributed by atoms with van der Waals surface area (Å²) in [7, 11) is 0. The van der Waals surface area contributed by atoms with Gasteiger partial charge in [0.25, 0.3) is 5.91 Å². The van der Waals surface area contributed by atoms with Crippen LogP contribution in [0.5, 0.6) is 5.75 Å². The molecule has 0 unspecified atom stereocenters. The Hall–Kier alpha value is -4.47. The van der Waals surface area contributed by atoms with Crippen LogP contribution in [0.2, 0.25) is 0 Å². The van der Waals surface area contributed by atoms with Crippen molar-refractivity contribution in [3.63, 3.8) is 0 Å². The van der Waals surface area contributed by atoms with Crippen LogP contribution in [0.15, 0.2) is 54.1 Å². The molecule has 4 N–H and O–H groups in total. The lowest BCUT2D eigenvalue weighted by molar-refractivity contribution is -0.133. The van der Waals surface area contributed by atoms with Crippen LogP contribution in [0.25, 0.3) is 6.08 Å². The summed E-state index contributed by atoms with van der Waals surface area (Å²) in [5.74, 6) is -1.62. The Morgan fingerprint density at radius 3 is 2.48 bits per heavy atom. The van der Waals surface area contributed by atoms with Gasteiger partial charge < -0.3 is 30.8 Å². The van der Waals surface area contributed by atoms with Gasteiger partial charge in [-0.3, -0.25) is 19.2 Å². The summed E-state index contributed by atoms with van der Waals surface area (Å²) in [6, 6.07) is 12.0. The van der Waals surface area contributed by atoms with Gasteiger partial charge in [0.2, 0.25) is 17.7 Å². The van der Waals surface area contributed by atoms with E-state index in [2.05, 4.69) is 21.3 Å². The summed E-state index contributed by atoms with van der Waals surface area (Å²) in [5.41, 5.74) is 3.01. The first-order valence-electron chi connectivity index (χ1n) is 14.3. The minimum Gasteiger partial charge on any atom is -0.488 e. The molecule has 0 bridgehead atoms. The van der Waals surface area contributed by atoms with Gasteiger partial charge in [-0.15, -0.1) is 0 Å². The molecule has 42 heavy (non-hydrogen) atoms. The lowest BCUT2D eigenvalue weighted by Crippen LogP contribution is -2.57. The summed E-state index contributed by atoms with van der Waals surface area (Å²) in [4.78, 5) is 64.0. The molecule has 1 fully saturated rings. The zero-order valence-corrected chi connectivity index (χ0v) is 24.1. The molecular weight excluding hydrogens is 536 g/mol. The van der Waals surface area contributed by atoms with Gasteiger partial charge in [0.05, 0.1) is 11.6 Å². The van der Waals surface area contributed by atoms with Gasteiger partial charge in [0, 0.05) is 24.4 Å². The number of ether oxygens (including phenoxy) is 1. The molecule has 0 spiro atoms. The molecule has 4 atom stereocenters. The zero-order valence-electron chi connectivity index (χ0n) is 24.1. The second kappa shape index (κ2) is 13.9. The first-order chi connectivity index (χ1) is 20.1. The van der Waals surface area contributed by atoms with Crippen molar-refractivity contribution in [3.05, 3.63) is 70.8 Å². The third-order valence-electron chi connectivity index (χ3n) is 7.51. The van der Waals surface area contributed by atoms with Crippen LogP contribution in [0.1, 0.15) is 43.4 Å². The van der Waals surface area contributed by atoms with Crippen LogP contribution in [0.3, 0.4) is 0 Å². The molecule has 2 aliphatic heterocycles. The zero-order chi connectivity index (χ0) is 30.2. The minimum atomic E-state index is -1.02. The lowest BCUT2D eigenvalue weighted by Gasteiger charge is -2.27. The highest BCUT2D eigenvalue weighted by molar-refractivity contribution is 6.02. The molecule has 0 aromatic heterocycles. The number of rotatable bonds is 12. The van der Waals surface area contributed by atoms with Crippen LogP contribution in [0, 0.1) is 18.8 Å². The second-order valence-corrected chi connectivity index (χ2v) is 11.2. The first-order valence-corrected chi connectivity index (χ1v) is 14.3. The van der Waals surface area contributed by atoms with Crippen LogP contribution >= 0.6 is 0 Å². The normalized spacial score (nSPS) is 18.0. The quantitative estimate of drug-likeness (QED) is 0.285. The van der Waals surface area contributed by atoms with Crippen LogP contribution in [-0.4, -0.2) is 61.2 Å². The maximum absolute atomic E-state index is 13.5. The van der Waals surface area contributed by atoms with E-state index in [4.69, 9.17) is 4.74 Å². The molecular formula is C32H38N4O6. The standard InChI is InChI=1S/C32H38N4O6/c1-19(2)28(36-30(39)24-15-23-13-20(3)9-10-27(23)42-18-24)32(41)35-26(14-21-7-5-4-6-8-21)31(40)34-25(17-37)16-22-11-12-33-29(22)38/h4-10,13,15,17,19,22,25-26,28H,11-12,14,16,18H2,1-3H3,(H,33,38)(H,34,40)(H,35,41)(H,36,39)/t22-,25-,26-,28-/m0/s1. The molecule has 0 radical (unpaired) electrons. The third-order valence-corrected chi connectivity index (χ3v) is 7.51. The molecule has 222 valence electrons. The topological polar surface area (TPSA) is 143 Å². The highest BCUT2D eigenvalue weighted by Crippen LogP contribution is 2.27. The predicted octanol–water partition coefficient (Wildman–Crippen LogP) is 1.85. The molecule has 2 aromatic rings. The Kier molecular flexibility index (Phi) is 10.1. The summed E-state index contributed by atoms with van der Waals surface area (Å²) in [6.07, 6.45) is 3.30. The van der Waals surface area contributed by atoms with Crippen molar-refractivity contribution in [3.8, 4) is 5.75 Å². The number of aldehydes is 1. The molecule has 0 saturated carbocycles. The van der Waals surface area contributed by atoms with Crippen molar-refractivity contribution in [2.24, 2.45) is 11.8 Å². The first kappa shape index (κ1) is 30.5. The van der Waals surface area contributed by atoms with Crippen molar-refractivity contribution in [1.82, 2.24) is 21.3 Å². The summed E-state index contributed by atoms with van der Waals surface area (Å²) in [6.45, 7) is 6.16. The van der Waals surface area contributed by atoms with Crippen molar-refractivity contribution in [1.29, 1.82) is 0 Å². The van der Waals surface area contributed by atoms with Crippen molar-refractivity contribution >= 4 is 36.0 Å². The Morgan fingerprint density at radius 1 is 1.05 bits per heavy atom. The van der Waals surface area contributed by atoms with Crippen LogP contribution in [0.4, 0.5) is 0 Å². The summed E-state index contributed by atoms with van der Waals surface area (Å²) in [5, 5.41) is 11.0. The largest absolute Gasteiger partial charge is 0.488 e. The molecule has 4 amide bonds. The van der Waals surface area contributed by atoms with Gasteiger partial charge in [-0.05, 0) is 49.5 Å². The van der Waals surface area contributed by atoms with Gasteiger partial charge in [0.15, 0.2) is 0 Å². The molecule has 1 saturated heterocycles. The predicted molar refractivity (Wildman–Crippen MR) is 157 cm³/mol. The number of nitrogens with one attached hydrogen (secondary N) is 4. The number of carbonyl (C=O) groups excluding carboxylic acids is 5. The van der Waals surface area contributed by atoms with Gasteiger partial charge in [-0.1, -0.05) is 55.8 Å². The van der Waals surface area contributed by atoms with Crippen molar-refractivity contribution in [2.75, 3.05) is 13.2 Å². The van der Waals surface area contributed by atoms with Gasteiger partial charge in [-0.2, -0.15) is 0 Å². The highest BCUT2D eigenvalue weighted by Gasteiger charge is 2.32. The Labute approximate surface area is 245 Å². The number of amides is 4. The van der Waals surface area contributed by atoms with E-state index >= 15 is 0 Å². The molecule has 2 aliphatic rings. The second-order valence-electron chi connectivity index (χ2n) is 11.2. The summed E-state index contributed by atoms with van der Waals surface area (Å²) < 4.78 is 5.74. The lowest BCUT2D eigenvalue weighted by atomic mass is 9.98. The van der Waals surface area contributed by atoms with Crippen molar-refractivity contribution < 1.29 is 28.7 Å². The van der Waals surface area contributed by atoms with E-state index in [9.17, 15) is 24.0 Å². The highest BCUT2D eigenvalue weighted by atomic mass is 16.5. The Bertz CT molecular complexity index is 1360. The molecule has 10 nitrogen and oxygen atoms in total. The van der Waals surface area contributed by atoms with E-state index < -0.39 is 35.8 Å². The van der Waals surface area contributed by atoms with Gasteiger partial charge >= 0.3 is 0 Å². The number of aryl methyl sites for hydroxylation is 1. The van der Waals surface area contributed by atoms with Crippen molar-refractivity contribution in [2.45, 2.75) is 58.2 Å². The Balaban J connectivity index is 1.47. The monoisotopic (exact) mass is 574 g/mol. The SMILES string of the molecule is Cc1ccc2c(c1)C=C(C(=O)N[C@H](C(=O)N[C@@H](Cc1ccccc1)C(=O)N[C@H](C=O)C[C@@H]1CCNC1=O)C(C)C)CO2. The number of carbonyl (C=O) groups is 5. The van der Waals surface area contributed by atoms with E-state index in [1.54, 1.807) is 19.9 Å². The maximum Gasteiger partial charge on any atom is 0.251 e. The number of fused-ring (bicyclic) bond motifs is 1. The number of hydrogen-bond donors (Lipinski definition) is 4. The van der Waals surface area contributed by atoms with E-state index in [0.717, 1.165) is 16.7 Å².